The highest BCUT2D eigenvalue weighted by Gasteiger charge is 2.09. The number of anilines is 2. The van der Waals surface area contributed by atoms with Crippen LogP contribution in [-0.4, -0.2) is 24.2 Å². The summed E-state index contributed by atoms with van der Waals surface area (Å²) in [7, 11) is 3.24. The molecule has 0 atom stereocenters. The van der Waals surface area contributed by atoms with E-state index in [4.69, 9.17) is 15.3 Å². The fourth-order valence-corrected chi connectivity index (χ4v) is 2.23. The highest BCUT2D eigenvalue weighted by Crippen LogP contribution is 2.28. The predicted octanol–water partition coefficient (Wildman–Crippen LogP) is 2.15. The van der Waals surface area contributed by atoms with Crippen LogP contribution in [0.25, 0.3) is 0 Å². The third kappa shape index (κ3) is 3.53. The van der Waals surface area contributed by atoms with Gasteiger partial charge in [0, 0.05) is 18.2 Å². The van der Waals surface area contributed by atoms with E-state index in [-0.39, 0.29) is 0 Å². The molecule has 1 heterocycles. The van der Waals surface area contributed by atoms with Crippen molar-refractivity contribution in [3.63, 3.8) is 0 Å². The van der Waals surface area contributed by atoms with E-state index in [1.165, 1.54) is 6.33 Å². The molecule has 0 radical (unpaired) electrons. The van der Waals surface area contributed by atoms with Crippen LogP contribution < -0.4 is 26.1 Å². The lowest BCUT2D eigenvalue weighted by atomic mass is 10.2. The molecule has 1 aromatic carbocycles. The molecule has 4 N–H and O–H groups in total. The first-order chi connectivity index (χ1) is 10.2. The van der Waals surface area contributed by atoms with Crippen molar-refractivity contribution in [2.24, 2.45) is 5.84 Å². The van der Waals surface area contributed by atoms with Crippen molar-refractivity contribution in [1.82, 2.24) is 9.97 Å². The van der Waals surface area contributed by atoms with Crippen LogP contribution in [0.15, 0.2) is 29.0 Å². The van der Waals surface area contributed by atoms with Gasteiger partial charge in [0.1, 0.15) is 28.1 Å². The van der Waals surface area contributed by atoms with Gasteiger partial charge in [-0.15, -0.1) is 0 Å². The number of aromatic nitrogens is 2. The Bertz CT molecular complexity index is 624. The summed E-state index contributed by atoms with van der Waals surface area (Å²) in [5.74, 6) is 8.00. The quantitative estimate of drug-likeness (QED) is 0.541. The number of methoxy groups -OCH3 is 2. The second-order valence-electron chi connectivity index (χ2n) is 4.06. The minimum atomic E-state index is 0.509. The van der Waals surface area contributed by atoms with Gasteiger partial charge < -0.3 is 20.2 Å². The lowest BCUT2D eigenvalue weighted by Crippen LogP contribution is -2.11. The molecule has 1 aromatic heterocycles. The molecule has 0 unspecified atom stereocenters. The number of nitrogens with zero attached hydrogens (tertiary/aromatic N) is 2. The first-order valence-corrected chi connectivity index (χ1v) is 6.90. The molecule has 0 aliphatic rings. The standard InChI is InChI=1S/C13H16BrN5O2/c1-20-9-4-3-8(10(5-9)21-2)6-16-12-11(14)13(19-15)18-7-17-12/h3-5,7H,6,15H2,1-2H3,(H2,16,17,18,19). The lowest BCUT2D eigenvalue weighted by molar-refractivity contribution is 0.391. The van der Waals surface area contributed by atoms with Gasteiger partial charge in [-0.05, 0) is 28.1 Å². The van der Waals surface area contributed by atoms with Crippen molar-refractivity contribution in [3.05, 3.63) is 34.6 Å². The van der Waals surface area contributed by atoms with Crippen LogP contribution in [-0.2, 0) is 6.54 Å². The van der Waals surface area contributed by atoms with E-state index >= 15 is 0 Å². The molecular formula is C13H16BrN5O2. The Labute approximate surface area is 131 Å². The number of ether oxygens (including phenoxy) is 2. The molecule has 0 fully saturated rings. The zero-order valence-corrected chi connectivity index (χ0v) is 13.3. The molecule has 0 aliphatic carbocycles. The smallest absolute Gasteiger partial charge is 0.159 e. The van der Waals surface area contributed by atoms with E-state index < -0.39 is 0 Å². The van der Waals surface area contributed by atoms with Crippen LogP contribution in [0, 0.1) is 0 Å². The Morgan fingerprint density at radius 1 is 1.19 bits per heavy atom. The minimum absolute atomic E-state index is 0.509. The third-order valence-electron chi connectivity index (χ3n) is 2.87. The summed E-state index contributed by atoms with van der Waals surface area (Å²) in [5, 5.41) is 3.20. The van der Waals surface area contributed by atoms with Gasteiger partial charge in [-0.2, -0.15) is 0 Å². The summed E-state index contributed by atoms with van der Waals surface area (Å²) in [6.07, 6.45) is 1.42. The topological polar surface area (TPSA) is 94.3 Å². The zero-order valence-electron chi connectivity index (χ0n) is 11.7. The maximum Gasteiger partial charge on any atom is 0.159 e. The van der Waals surface area contributed by atoms with Crippen LogP contribution in [0.1, 0.15) is 5.56 Å². The molecule has 2 rings (SSSR count). The van der Waals surface area contributed by atoms with E-state index in [9.17, 15) is 0 Å². The molecule has 2 aromatic rings. The van der Waals surface area contributed by atoms with Crippen molar-refractivity contribution in [3.8, 4) is 11.5 Å². The summed E-state index contributed by atoms with van der Waals surface area (Å²) in [6.45, 7) is 0.535. The zero-order chi connectivity index (χ0) is 15.2. The van der Waals surface area contributed by atoms with Gasteiger partial charge >= 0.3 is 0 Å². The Hall–Kier alpha value is -2.06. The van der Waals surface area contributed by atoms with E-state index in [1.54, 1.807) is 14.2 Å². The fourth-order valence-electron chi connectivity index (χ4n) is 1.77. The van der Waals surface area contributed by atoms with E-state index in [1.807, 2.05) is 18.2 Å². The van der Waals surface area contributed by atoms with E-state index in [0.717, 1.165) is 17.1 Å². The number of halogens is 1. The van der Waals surface area contributed by atoms with Crippen LogP contribution in [0.5, 0.6) is 11.5 Å². The Balaban J connectivity index is 2.16. The molecule has 7 nitrogen and oxygen atoms in total. The van der Waals surface area contributed by atoms with Gasteiger partial charge in [-0.1, -0.05) is 0 Å². The summed E-state index contributed by atoms with van der Waals surface area (Å²) < 4.78 is 11.2. The largest absolute Gasteiger partial charge is 0.497 e. The highest BCUT2D eigenvalue weighted by atomic mass is 79.9. The molecular weight excluding hydrogens is 338 g/mol. The molecule has 0 saturated heterocycles. The number of nitrogen functional groups attached to an aromatic ring is 1. The van der Waals surface area contributed by atoms with Crippen molar-refractivity contribution in [2.45, 2.75) is 6.54 Å². The van der Waals surface area contributed by atoms with Crippen LogP contribution in [0.2, 0.25) is 0 Å². The third-order valence-corrected chi connectivity index (χ3v) is 3.62. The van der Waals surface area contributed by atoms with E-state index in [2.05, 4.69) is 36.6 Å². The molecule has 0 bridgehead atoms. The van der Waals surface area contributed by atoms with Crippen molar-refractivity contribution >= 4 is 27.6 Å². The molecule has 112 valence electrons. The second kappa shape index (κ2) is 7.09. The highest BCUT2D eigenvalue weighted by molar-refractivity contribution is 9.10. The summed E-state index contributed by atoms with van der Waals surface area (Å²) in [5.41, 5.74) is 3.47. The monoisotopic (exact) mass is 353 g/mol. The molecule has 0 saturated carbocycles. The molecule has 0 aliphatic heterocycles. The first kappa shape index (κ1) is 15.3. The maximum atomic E-state index is 5.37. The average Bonchev–Trinajstić information content (AvgIpc) is 2.53. The first-order valence-electron chi connectivity index (χ1n) is 6.11. The number of benzene rings is 1. The number of hydrazine groups is 1. The fraction of sp³-hybridized carbons (Fsp3) is 0.231. The predicted molar refractivity (Wildman–Crippen MR) is 84.4 cm³/mol. The van der Waals surface area contributed by atoms with Crippen LogP contribution in [0.3, 0.4) is 0 Å². The number of hydrogen-bond acceptors (Lipinski definition) is 7. The lowest BCUT2D eigenvalue weighted by Gasteiger charge is -2.13. The van der Waals surface area contributed by atoms with Gasteiger partial charge in [0.05, 0.1) is 14.2 Å². The van der Waals surface area contributed by atoms with Gasteiger partial charge in [-0.25, -0.2) is 15.8 Å². The maximum absolute atomic E-state index is 5.37. The number of rotatable bonds is 6. The number of hydrogen-bond donors (Lipinski definition) is 3. The normalized spacial score (nSPS) is 10.1. The second-order valence-corrected chi connectivity index (χ2v) is 4.85. The summed E-state index contributed by atoms with van der Waals surface area (Å²) in [6, 6.07) is 5.64. The summed E-state index contributed by atoms with van der Waals surface area (Å²) >= 11 is 3.39. The van der Waals surface area contributed by atoms with Gasteiger partial charge in [0.15, 0.2) is 5.82 Å². The molecule has 0 spiro atoms. The number of nitrogens with one attached hydrogen (secondary N) is 2. The molecule has 8 heteroatoms. The molecule has 0 amide bonds. The van der Waals surface area contributed by atoms with Gasteiger partial charge in [0.2, 0.25) is 0 Å². The number of nitrogens with two attached hydrogens (primary N) is 1. The van der Waals surface area contributed by atoms with Crippen molar-refractivity contribution in [2.75, 3.05) is 25.0 Å². The van der Waals surface area contributed by atoms with Gasteiger partial charge in [-0.3, -0.25) is 0 Å². The van der Waals surface area contributed by atoms with E-state index in [0.29, 0.717) is 22.7 Å². The van der Waals surface area contributed by atoms with Crippen molar-refractivity contribution < 1.29 is 9.47 Å². The minimum Gasteiger partial charge on any atom is -0.497 e. The Kier molecular flexibility index (Phi) is 5.18. The van der Waals surface area contributed by atoms with Gasteiger partial charge in [0.25, 0.3) is 0 Å². The van der Waals surface area contributed by atoms with Crippen molar-refractivity contribution in [1.29, 1.82) is 0 Å². The Morgan fingerprint density at radius 2 is 1.95 bits per heavy atom. The van der Waals surface area contributed by atoms with Crippen LogP contribution in [0.4, 0.5) is 11.6 Å². The van der Waals surface area contributed by atoms with Crippen LogP contribution >= 0.6 is 15.9 Å². The summed E-state index contributed by atoms with van der Waals surface area (Å²) in [4.78, 5) is 8.15. The SMILES string of the molecule is COc1ccc(CNc2ncnc(NN)c2Br)c(OC)c1. The average molecular weight is 354 g/mol. The Morgan fingerprint density at radius 3 is 2.62 bits per heavy atom. The molecule has 21 heavy (non-hydrogen) atoms.